The molecule has 0 bridgehead atoms. The van der Waals surface area contributed by atoms with Crippen LogP contribution in [0.15, 0.2) is 59.7 Å². The first kappa shape index (κ1) is 23.8. The van der Waals surface area contributed by atoms with Crippen LogP contribution in [0, 0.1) is 13.8 Å². The Morgan fingerprint density at radius 3 is 2.33 bits per heavy atom. The third-order valence-corrected chi connectivity index (χ3v) is 5.10. The molecular formula is C26H29N3O4. The van der Waals surface area contributed by atoms with Gasteiger partial charge in [0, 0.05) is 22.6 Å². The lowest BCUT2D eigenvalue weighted by molar-refractivity contribution is -0.120. The summed E-state index contributed by atoms with van der Waals surface area (Å²) in [7, 11) is 0. The Balaban J connectivity index is 1.64. The zero-order chi connectivity index (χ0) is 23.8. The van der Waals surface area contributed by atoms with Gasteiger partial charge in [0.2, 0.25) is 5.91 Å². The van der Waals surface area contributed by atoms with E-state index in [0.29, 0.717) is 18.8 Å². The molecule has 0 radical (unpaired) electrons. The van der Waals surface area contributed by atoms with Gasteiger partial charge in [0.05, 0.1) is 31.4 Å². The summed E-state index contributed by atoms with van der Waals surface area (Å²) in [5, 5.41) is 4.13. The fourth-order valence-electron chi connectivity index (χ4n) is 3.55. The van der Waals surface area contributed by atoms with Crippen LogP contribution in [0.1, 0.15) is 46.7 Å². The average molecular weight is 448 g/mol. The molecule has 0 spiro atoms. The van der Waals surface area contributed by atoms with Gasteiger partial charge in [-0.3, -0.25) is 4.79 Å². The third kappa shape index (κ3) is 6.10. The molecule has 7 nitrogen and oxygen atoms in total. The van der Waals surface area contributed by atoms with E-state index in [2.05, 4.69) is 15.1 Å². The van der Waals surface area contributed by atoms with Gasteiger partial charge in [0.1, 0.15) is 5.75 Å². The van der Waals surface area contributed by atoms with Gasteiger partial charge in [-0.2, -0.15) is 5.10 Å². The van der Waals surface area contributed by atoms with Crippen molar-refractivity contribution >= 4 is 18.1 Å². The molecule has 0 aliphatic heterocycles. The van der Waals surface area contributed by atoms with E-state index in [0.717, 1.165) is 34.0 Å². The van der Waals surface area contributed by atoms with Crippen molar-refractivity contribution in [2.24, 2.45) is 5.10 Å². The van der Waals surface area contributed by atoms with E-state index in [-0.39, 0.29) is 18.3 Å². The van der Waals surface area contributed by atoms with Gasteiger partial charge in [-0.1, -0.05) is 12.1 Å². The van der Waals surface area contributed by atoms with Crippen LogP contribution in [-0.2, 0) is 16.0 Å². The second kappa shape index (κ2) is 11.1. The Morgan fingerprint density at radius 1 is 1.00 bits per heavy atom. The number of carbonyl (C=O) groups is 2. The van der Waals surface area contributed by atoms with E-state index in [1.54, 1.807) is 25.3 Å². The number of aromatic nitrogens is 1. The molecule has 0 aliphatic rings. The van der Waals surface area contributed by atoms with Gasteiger partial charge in [-0.05, 0) is 75.7 Å². The number of hydrazone groups is 1. The summed E-state index contributed by atoms with van der Waals surface area (Å²) in [6, 6.07) is 16.7. The first-order chi connectivity index (χ1) is 15.9. The molecule has 1 amide bonds. The van der Waals surface area contributed by atoms with Crippen molar-refractivity contribution in [2.45, 2.75) is 34.1 Å². The zero-order valence-electron chi connectivity index (χ0n) is 19.4. The molecular weight excluding hydrogens is 418 g/mol. The number of nitrogens with one attached hydrogen (secondary N) is 1. The summed E-state index contributed by atoms with van der Waals surface area (Å²) in [6.45, 7) is 8.64. The van der Waals surface area contributed by atoms with Gasteiger partial charge in [-0.15, -0.1) is 0 Å². The molecule has 0 atom stereocenters. The first-order valence-corrected chi connectivity index (χ1v) is 10.9. The highest BCUT2D eigenvalue weighted by molar-refractivity contribution is 5.89. The van der Waals surface area contributed by atoms with Crippen LogP contribution in [-0.4, -0.2) is 35.9 Å². The van der Waals surface area contributed by atoms with Crippen molar-refractivity contribution in [2.75, 3.05) is 13.2 Å². The SMILES string of the molecule is CCOC(=O)c1ccc(-n2c(C)cc(/C=N\NC(=O)Cc3ccc(OCC)cc3)c2C)cc1. The molecule has 7 heteroatoms. The summed E-state index contributed by atoms with van der Waals surface area (Å²) in [4.78, 5) is 24.1. The summed E-state index contributed by atoms with van der Waals surface area (Å²) in [5.41, 5.74) is 7.79. The van der Waals surface area contributed by atoms with E-state index in [9.17, 15) is 9.59 Å². The predicted molar refractivity (Wildman–Crippen MR) is 128 cm³/mol. The number of nitrogens with zero attached hydrogens (tertiary/aromatic N) is 2. The largest absolute Gasteiger partial charge is 0.494 e. The van der Waals surface area contributed by atoms with E-state index in [1.807, 2.05) is 63.2 Å². The highest BCUT2D eigenvalue weighted by Gasteiger charge is 2.11. The molecule has 0 saturated carbocycles. The van der Waals surface area contributed by atoms with Crippen LogP contribution in [0.25, 0.3) is 5.69 Å². The van der Waals surface area contributed by atoms with Crippen molar-refractivity contribution in [1.82, 2.24) is 9.99 Å². The molecule has 1 N–H and O–H groups in total. The number of rotatable bonds is 9. The highest BCUT2D eigenvalue weighted by Crippen LogP contribution is 2.20. The van der Waals surface area contributed by atoms with Crippen LogP contribution in [0.4, 0.5) is 0 Å². The van der Waals surface area contributed by atoms with Crippen molar-refractivity contribution in [3.05, 3.63) is 82.7 Å². The molecule has 0 fully saturated rings. The van der Waals surface area contributed by atoms with Crippen molar-refractivity contribution < 1.29 is 19.1 Å². The molecule has 0 unspecified atom stereocenters. The van der Waals surface area contributed by atoms with Crippen LogP contribution >= 0.6 is 0 Å². The summed E-state index contributed by atoms with van der Waals surface area (Å²) in [5.74, 6) is 0.253. The fraction of sp³-hybridized carbons (Fsp3) is 0.269. The number of carbonyl (C=O) groups excluding carboxylic acids is 2. The molecule has 172 valence electrons. The predicted octanol–water partition coefficient (Wildman–Crippen LogP) is 4.36. The lowest BCUT2D eigenvalue weighted by Crippen LogP contribution is -2.19. The highest BCUT2D eigenvalue weighted by atomic mass is 16.5. The van der Waals surface area contributed by atoms with Crippen LogP contribution in [0.5, 0.6) is 5.75 Å². The Bertz CT molecular complexity index is 1130. The minimum absolute atomic E-state index is 0.196. The molecule has 0 saturated heterocycles. The van der Waals surface area contributed by atoms with Gasteiger partial charge >= 0.3 is 5.97 Å². The van der Waals surface area contributed by atoms with Crippen molar-refractivity contribution in [3.8, 4) is 11.4 Å². The Labute approximate surface area is 194 Å². The van der Waals surface area contributed by atoms with Crippen LogP contribution < -0.4 is 10.2 Å². The number of benzene rings is 2. The fourth-order valence-corrected chi connectivity index (χ4v) is 3.55. The van der Waals surface area contributed by atoms with Crippen LogP contribution in [0.2, 0.25) is 0 Å². The summed E-state index contributed by atoms with van der Waals surface area (Å²) >= 11 is 0. The number of amides is 1. The minimum Gasteiger partial charge on any atom is -0.494 e. The average Bonchev–Trinajstić information content (AvgIpc) is 3.08. The smallest absolute Gasteiger partial charge is 0.338 e. The van der Waals surface area contributed by atoms with Gasteiger partial charge in [0.25, 0.3) is 0 Å². The van der Waals surface area contributed by atoms with Gasteiger partial charge < -0.3 is 14.0 Å². The van der Waals surface area contributed by atoms with E-state index in [4.69, 9.17) is 9.47 Å². The molecule has 1 aromatic heterocycles. The zero-order valence-corrected chi connectivity index (χ0v) is 19.4. The Kier molecular flexibility index (Phi) is 8.02. The summed E-state index contributed by atoms with van der Waals surface area (Å²) < 4.78 is 12.5. The third-order valence-electron chi connectivity index (χ3n) is 5.10. The van der Waals surface area contributed by atoms with Gasteiger partial charge in [0.15, 0.2) is 0 Å². The van der Waals surface area contributed by atoms with Gasteiger partial charge in [-0.25, -0.2) is 10.2 Å². The van der Waals surface area contributed by atoms with Crippen molar-refractivity contribution in [1.29, 1.82) is 0 Å². The molecule has 3 aromatic rings. The second-order valence-electron chi connectivity index (χ2n) is 7.48. The minimum atomic E-state index is -0.334. The molecule has 3 rings (SSSR count). The van der Waals surface area contributed by atoms with E-state index >= 15 is 0 Å². The second-order valence-corrected chi connectivity index (χ2v) is 7.48. The Morgan fingerprint density at radius 2 is 1.70 bits per heavy atom. The summed E-state index contributed by atoms with van der Waals surface area (Å²) in [6.07, 6.45) is 1.87. The molecule has 2 aromatic carbocycles. The quantitative estimate of drug-likeness (QED) is 0.300. The molecule has 0 aliphatic carbocycles. The standard InChI is InChI=1S/C26H29N3O4/c1-5-32-24-13-7-20(8-14-24)16-25(30)28-27-17-22-15-18(3)29(19(22)4)23-11-9-21(10-12-23)26(31)33-6-2/h7-15,17H,5-6,16H2,1-4H3,(H,28,30)/b27-17-. The van der Waals surface area contributed by atoms with Crippen LogP contribution in [0.3, 0.4) is 0 Å². The maximum Gasteiger partial charge on any atom is 0.338 e. The number of aryl methyl sites for hydroxylation is 1. The maximum atomic E-state index is 12.2. The number of ether oxygens (including phenoxy) is 2. The maximum absolute atomic E-state index is 12.2. The topological polar surface area (TPSA) is 81.9 Å². The van der Waals surface area contributed by atoms with E-state index in [1.165, 1.54) is 0 Å². The van der Waals surface area contributed by atoms with Crippen molar-refractivity contribution in [3.63, 3.8) is 0 Å². The molecule has 1 heterocycles. The number of esters is 1. The number of hydrogen-bond donors (Lipinski definition) is 1. The number of hydrogen-bond acceptors (Lipinski definition) is 5. The lowest BCUT2D eigenvalue weighted by Gasteiger charge is -2.10. The normalized spacial score (nSPS) is 10.9. The first-order valence-electron chi connectivity index (χ1n) is 10.9. The lowest BCUT2D eigenvalue weighted by atomic mass is 10.1. The monoisotopic (exact) mass is 447 g/mol. The van der Waals surface area contributed by atoms with E-state index < -0.39 is 0 Å². The Hall–Kier alpha value is -3.87. The molecule has 33 heavy (non-hydrogen) atoms.